The Labute approximate surface area is 217 Å². The van der Waals surface area contributed by atoms with Crippen LogP contribution in [0.2, 0.25) is 0 Å². The molecule has 0 unspecified atom stereocenters. The number of allylic oxidation sites excluding steroid dienone is 1. The zero-order chi connectivity index (χ0) is 26.2. The van der Waals surface area contributed by atoms with Crippen LogP contribution >= 0.6 is 15.9 Å². The lowest BCUT2D eigenvalue weighted by atomic mass is 9.98. The van der Waals surface area contributed by atoms with Gasteiger partial charge in [-0.2, -0.15) is 4.39 Å². The zero-order valence-electron chi connectivity index (χ0n) is 20.8. The fraction of sp³-hybridized carbons (Fsp3) is 0.333. The zero-order valence-corrected chi connectivity index (χ0v) is 22.4. The first-order chi connectivity index (χ1) is 17.0. The third-order valence-electron chi connectivity index (χ3n) is 6.00. The van der Waals surface area contributed by atoms with Crippen molar-refractivity contribution in [1.29, 1.82) is 0 Å². The van der Waals surface area contributed by atoms with Crippen LogP contribution in [0.3, 0.4) is 0 Å². The SMILES string of the molecule is Cc1ccc(C(C)(C)O)nc1C1=NC[C@@H](C)C(n2c(C)cc(OCc3cccc(F)n3)c(Br)c2=O)=C1. The summed E-state index contributed by atoms with van der Waals surface area (Å²) in [7, 11) is 0. The van der Waals surface area contributed by atoms with Crippen LogP contribution in [0, 0.1) is 25.7 Å². The number of aromatic nitrogens is 3. The van der Waals surface area contributed by atoms with E-state index in [1.165, 1.54) is 6.07 Å². The maximum atomic E-state index is 13.4. The second kappa shape index (κ2) is 10.1. The van der Waals surface area contributed by atoms with E-state index in [9.17, 15) is 14.3 Å². The standard InChI is InChI=1S/C27H28BrFN4O3/c1-15-9-10-22(27(4,5)35)32-25(15)19-12-20(16(2)13-30-19)33-17(3)11-21(24(28)26(33)34)36-14-18-7-6-8-23(29)31-18/h6-12,16,35H,13-14H2,1-5H3/t16-/m1/s1. The molecule has 0 aliphatic carbocycles. The Hall–Kier alpha value is -3.17. The summed E-state index contributed by atoms with van der Waals surface area (Å²) in [4.78, 5) is 26.6. The monoisotopic (exact) mass is 554 g/mol. The Morgan fingerprint density at radius 2 is 1.97 bits per heavy atom. The molecule has 0 fully saturated rings. The summed E-state index contributed by atoms with van der Waals surface area (Å²) in [6, 6.07) is 9.96. The number of hydrogen-bond donors (Lipinski definition) is 1. The average Bonchev–Trinajstić information content (AvgIpc) is 2.81. The quantitative estimate of drug-likeness (QED) is 0.436. The summed E-state index contributed by atoms with van der Waals surface area (Å²) in [5, 5.41) is 10.4. The van der Waals surface area contributed by atoms with Crippen molar-refractivity contribution < 1.29 is 14.2 Å². The van der Waals surface area contributed by atoms with E-state index in [1.807, 2.05) is 32.9 Å². The lowest BCUT2D eigenvalue weighted by Gasteiger charge is -2.25. The normalized spacial score (nSPS) is 15.9. The maximum Gasteiger partial charge on any atom is 0.273 e. The summed E-state index contributed by atoms with van der Waals surface area (Å²) in [6.07, 6.45) is 1.88. The maximum absolute atomic E-state index is 13.4. The minimum Gasteiger partial charge on any atom is -0.486 e. The van der Waals surface area contributed by atoms with Gasteiger partial charge in [0.1, 0.15) is 22.4 Å². The molecule has 0 saturated heterocycles. The van der Waals surface area contributed by atoms with Crippen LogP contribution in [0.4, 0.5) is 4.39 Å². The summed E-state index contributed by atoms with van der Waals surface area (Å²) >= 11 is 3.39. The van der Waals surface area contributed by atoms with Gasteiger partial charge < -0.3 is 9.84 Å². The van der Waals surface area contributed by atoms with Crippen molar-refractivity contribution >= 4 is 27.3 Å². The lowest BCUT2D eigenvalue weighted by Crippen LogP contribution is -2.29. The summed E-state index contributed by atoms with van der Waals surface area (Å²) in [6.45, 7) is 9.68. The molecule has 0 spiro atoms. The van der Waals surface area contributed by atoms with Gasteiger partial charge in [-0.1, -0.05) is 19.1 Å². The van der Waals surface area contributed by atoms with Crippen molar-refractivity contribution in [3.8, 4) is 5.75 Å². The van der Waals surface area contributed by atoms with Gasteiger partial charge in [0.15, 0.2) is 0 Å². The molecule has 9 heteroatoms. The average molecular weight is 555 g/mol. The van der Waals surface area contributed by atoms with E-state index in [0.29, 0.717) is 40.8 Å². The van der Waals surface area contributed by atoms with E-state index in [1.54, 1.807) is 42.7 Å². The molecular formula is C27H28BrFN4O3. The van der Waals surface area contributed by atoms with Crippen LogP contribution in [0.15, 0.2) is 56.7 Å². The van der Waals surface area contributed by atoms with E-state index in [-0.39, 0.29) is 22.6 Å². The molecule has 188 valence electrons. The number of ether oxygens (including phenoxy) is 1. The van der Waals surface area contributed by atoms with E-state index in [4.69, 9.17) is 9.73 Å². The van der Waals surface area contributed by atoms with Gasteiger partial charge in [-0.25, -0.2) is 9.97 Å². The molecule has 1 aliphatic heterocycles. The van der Waals surface area contributed by atoms with Gasteiger partial charge in [-0.05, 0) is 73.5 Å². The lowest BCUT2D eigenvalue weighted by molar-refractivity contribution is 0.0738. The molecule has 0 radical (unpaired) electrons. The van der Waals surface area contributed by atoms with E-state index in [2.05, 4.69) is 25.9 Å². The fourth-order valence-electron chi connectivity index (χ4n) is 4.00. The highest BCUT2D eigenvalue weighted by molar-refractivity contribution is 9.10. The summed E-state index contributed by atoms with van der Waals surface area (Å²) < 4.78 is 21.1. The molecule has 0 amide bonds. The molecule has 7 nitrogen and oxygen atoms in total. The Balaban J connectivity index is 1.71. The van der Waals surface area contributed by atoms with E-state index in [0.717, 1.165) is 11.3 Å². The van der Waals surface area contributed by atoms with Crippen molar-refractivity contribution in [3.05, 3.63) is 91.6 Å². The van der Waals surface area contributed by atoms with Crippen molar-refractivity contribution in [2.45, 2.75) is 46.8 Å². The predicted octanol–water partition coefficient (Wildman–Crippen LogP) is 4.94. The molecule has 1 atom stereocenters. The van der Waals surface area contributed by atoms with Crippen molar-refractivity contribution in [3.63, 3.8) is 0 Å². The van der Waals surface area contributed by atoms with Gasteiger partial charge in [0, 0.05) is 29.9 Å². The smallest absolute Gasteiger partial charge is 0.273 e. The molecule has 3 aromatic heterocycles. The molecule has 3 aromatic rings. The molecule has 1 aliphatic rings. The van der Waals surface area contributed by atoms with Crippen molar-refractivity contribution in [1.82, 2.24) is 14.5 Å². The van der Waals surface area contributed by atoms with Gasteiger partial charge >= 0.3 is 0 Å². The first kappa shape index (κ1) is 25.9. The van der Waals surface area contributed by atoms with Crippen LogP contribution in [-0.2, 0) is 12.2 Å². The minimum atomic E-state index is -1.09. The van der Waals surface area contributed by atoms with Crippen LogP contribution < -0.4 is 10.3 Å². The van der Waals surface area contributed by atoms with Crippen LogP contribution in [0.1, 0.15) is 49.1 Å². The molecule has 0 saturated carbocycles. The summed E-state index contributed by atoms with van der Waals surface area (Å²) in [5.41, 5.74) is 3.33. The van der Waals surface area contributed by atoms with Gasteiger partial charge in [-0.3, -0.25) is 14.4 Å². The third-order valence-corrected chi connectivity index (χ3v) is 6.73. The number of aryl methyl sites for hydroxylation is 2. The number of pyridine rings is 3. The molecule has 36 heavy (non-hydrogen) atoms. The van der Waals surface area contributed by atoms with Crippen molar-refractivity contribution in [2.24, 2.45) is 10.9 Å². The second-order valence-corrected chi connectivity index (χ2v) is 10.3. The van der Waals surface area contributed by atoms with Crippen LogP contribution in [0.5, 0.6) is 5.75 Å². The Morgan fingerprint density at radius 1 is 1.22 bits per heavy atom. The highest BCUT2D eigenvalue weighted by Gasteiger charge is 2.25. The van der Waals surface area contributed by atoms with Crippen molar-refractivity contribution in [2.75, 3.05) is 6.54 Å². The molecule has 4 rings (SSSR count). The van der Waals surface area contributed by atoms with Gasteiger partial charge in [0.25, 0.3) is 5.56 Å². The Morgan fingerprint density at radius 3 is 2.67 bits per heavy atom. The number of aliphatic imine (C=N–C) groups is 1. The molecule has 4 heterocycles. The predicted molar refractivity (Wildman–Crippen MR) is 141 cm³/mol. The number of nitrogens with zero attached hydrogens (tertiary/aromatic N) is 4. The molecule has 0 aromatic carbocycles. The number of rotatable bonds is 6. The first-order valence-electron chi connectivity index (χ1n) is 11.6. The first-order valence-corrected chi connectivity index (χ1v) is 12.4. The Kier molecular flexibility index (Phi) is 7.24. The summed E-state index contributed by atoms with van der Waals surface area (Å²) in [5.74, 6) is -0.249. The van der Waals surface area contributed by atoms with E-state index >= 15 is 0 Å². The van der Waals surface area contributed by atoms with E-state index < -0.39 is 11.5 Å². The third kappa shape index (κ3) is 5.32. The van der Waals surface area contributed by atoms with Crippen LogP contribution in [-0.4, -0.2) is 31.9 Å². The largest absolute Gasteiger partial charge is 0.486 e. The minimum absolute atomic E-state index is 0.0157. The molecular weight excluding hydrogens is 527 g/mol. The Bertz CT molecular complexity index is 1440. The van der Waals surface area contributed by atoms with Gasteiger partial charge in [0.05, 0.1) is 22.8 Å². The number of dihydropyridines is 1. The van der Waals surface area contributed by atoms with Crippen LogP contribution in [0.25, 0.3) is 5.70 Å². The number of hydrogen-bond acceptors (Lipinski definition) is 6. The van der Waals surface area contributed by atoms with Gasteiger partial charge in [-0.15, -0.1) is 0 Å². The van der Waals surface area contributed by atoms with Gasteiger partial charge in [0.2, 0.25) is 5.95 Å². The fourth-order valence-corrected chi connectivity index (χ4v) is 4.41. The topological polar surface area (TPSA) is 89.6 Å². The number of aliphatic hydroxyl groups is 1. The molecule has 0 bridgehead atoms. The highest BCUT2D eigenvalue weighted by atomic mass is 79.9. The highest BCUT2D eigenvalue weighted by Crippen LogP contribution is 2.29. The second-order valence-electron chi connectivity index (χ2n) is 9.46. The molecule has 1 N–H and O–H groups in total. The number of halogens is 2.